The van der Waals surface area contributed by atoms with E-state index in [4.69, 9.17) is 5.73 Å². The number of aromatic nitrogens is 2. The predicted molar refractivity (Wildman–Crippen MR) is 118 cm³/mol. The largest absolute Gasteiger partial charge is 0.416 e. The molecular formula is C23H24F3N5. The lowest BCUT2D eigenvalue weighted by molar-refractivity contribution is -0.137. The normalized spacial score (nSPS) is 15.6. The molecule has 1 aliphatic heterocycles. The number of halogens is 3. The minimum Gasteiger partial charge on any atom is -0.399 e. The van der Waals surface area contributed by atoms with Gasteiger partial charge >= 0.3 is 6.18 Å². The Morgan fingerprint density at radius 2 is 1.94 bits per heavy atom. The third-order valence-electron chi connectivity index (χ3n) is 5.40. The maximum atomic E-state index is 13.2. The van der Waals surface area contributed by atoms with E-state index in [1.54, 1.807) is 19.9 Å². The second kappa shape index (κ2) is 8.19. The monoisotopic (exact) mass is 427 g/mol. The van der Waals surface area contributed by atoms with Crippen molar-refractivity contribution in [2.45, 2.75) is 32.5 Å². The van der Waals surface area contributed by atoms with Crippen LogP contribution in [0.5, 0.6) is 0 Å². The van der Waals surface area contributed by atoms with Crippen molar-refractivity contribution < 1.29 is 13.2 Å². The first-order valence-corrected chi connectivity index (χ1v) is 10.1. The van der Waals surface area contributed by atoms with Crippen LogP contribution in [-0.4, -0.2) is 23.1 Å². The van der Waals surface area contributed by atoms with Gasteiger partial charge in [-0.2, -0.15) is 13.2 Å². The van der Waals surface area contributed by atoms with Crippen molar-refractivity contribution >= 4 is 28.0 Å². The Hall–Kier alpha value is -3.13. The molecule has 0 saturated heterocycles. The van der Waals surface area contributed by atoms with Crippen molar-refractivity contribution in [1.29, 1.82) is 0 Å². The number of hydrogen-bond donors (Lipinski definition) is 3. The lowest BCUT2D eigenvalue weighted by Crippen LogP contribution is -2.20. The van der Waals surface area contributed by atoms with E-state index < -0.39 is 17.8 Å². The highest BCUT2D eigenvalue weighted by molar-refractivity contribution is 5.92. The Balaban J connectivity index is 1.72. The Labute approximate surface area is 178 Å². The number of anilines is 2. The van der Waals surface area contributed by atoms with E-state index in [0.717, 1.165) is 48.1 Å². The minimum absolute atomic E-state index is 0.0716. The number of nitrogens with two attached hydrogens (primary N) is 1. The Kier molecular flexibility index (Phi) is 5.58. The van der Waals surface area contributed by atoms with Crippen LogP contribution >= 0.6 is 0 Å². The van der Waals surface area contributed by atoms with Crippen molar-refractivity contribution in [1.82, 2.24) is 15.3 Å². The van der Waals surface area contributed by atoms with Crippen LogP contribution in [0.4, 0.5) is 24.7 Å². The maximum Gasteiger partial charge on any atom is 0.416 e. The summed E-state index contributed by atoms with van der Waals surface area (Å²) in [5.74, 6) is 1.17. The average molecular weight is 427 g/mol. The van der Waals surface area contributed by atoms with Gasteiger partial charge in [0.25, 0.3) is 0 Å². The molecule has 31 heavy (non-hydrogen) atoms. The quantitative estimate of drug-likeness (QED) is 0.506. The van der Waals surface area contributed by atoms with Gasteiger partial charge in [0.2, 0.25) is 0 Å². The number of nitrogens with one attached hydrogen (secondary N) is 2. The molecule has 5 nitrogen and oxygen atoms in total. The number of fused-ring (bicyclic) bond motifs is 1. The number of rotatable bonds is 4. The van der Waals surface area contributed by atoms with Crippen LogP contribution in [0.1, 0.15) is 41.9 Å². The van der Waals surface area contributed by atoms with E-state index in [0.29, 0.717) is 17.2 Å². The molecule has 0 saturated carbocycles. The molecule has 2 aromatic carbocycles. The van der Waals surface area contributed by atoms with Gasteiger partial charge in [0.1, 0.15) is 11.6 Å². The summed E-state index contributed by atoms with van der Waals surface area (Å²) in [7, 11) is 0. The highest BCUT2D eigenvalue weighted by Crippen LogP contribution is 2.34. The van der Waals surface area contributed by atoms with Gasteiger partial charge in [0.15, 0.2) is 0 Å². The topological polar surface area (TPSA) is 75.9 Å². The van der Waals surface area contributed by atoms with Gasteiger partial charge in [-0.1, -0.05) is 12.1 Å². The van der Waals surface area contributed by atoms with E-state index in [9.17, 15) is 13.2 Å². The average Bonchev–Trinajstić information content (AvgIpc) is 2.73. The molecule has 0 unspecified atom stereocenters. The highest BCUT2D eigenvalue weighted by Gasteiger charge is 2.31. The zero-order chi connectivity index (χ0) is 22.2. The first-order valence-electron chi connectivity index (χ1n) is 10.1. The van der Waals surface area contributed by atoms with Crippen LogP contribution < -0.4 is 16.4 Å². The zero-order valence-electron chi connectivity index (χ0n) is 17.3. The minimum atomic E-state index is -4.46. The molecule has 162 valence electrons. The number of hydrogen-bond acceptors (Lipinski definition) is 5. The van der Waals surface area contributed by atoms with Crippen LogP contribution in [0.25, 0.3) is 16.5 Å². The number of nitrogen functional groups attached to an aromatic ring is 1. The van der Waals surface area contributed by atoms with Crippen molar-refractivity contribution in [2.75, 3.05) is 24.1 Å². The third-order valence-corrected chi connectivity index (χ3v) is 5.40. The summed E-state index contributed by atoms with van der Waals surface area (Å²) in [5.41, 5.74) is 8.62. The van der Waals surface area contributed by atoms with E-state index >= 15 is 0 Å². The summed E-state index contributed by atoms with van der Waals surface area (Å²) in [4.78, 5) is 9.05. The standard InChI is InChI=1S/C23H24F3N5/c1-13(17-9-18(23(24,25)26)12-19(27)10-17)29-22-20-11-16(15-5-7-28-8-6-15)3-4-21(20)30-14(2)31-22/h3-5,9-13,28H,6-8,27H2,1-2H3,(H,29,30,31)/t13-/m1/s1. The molecule has 0 radical (unpaired) electrons. The lowest BCUT2D eigenvalue weighted by atomic mass is 9.98. The van der Waals surface area contributed by atoms with E-state index in [2.05, 4.69) is 26.7 Å². The molecule has 0 aliphatic carbocycles. The van der Waals surface area contributed by atoms with Gasteiger partial charge in [0, 0.05) is 17.6 Å². The van der Waals surface area contributed by atoms with Gasteiger partial charge in [-0.15, -0.1) is 0 Å². The molecule has 0 spiro atoms. The molecule has 0 bridgehead atoms. The number of alkyl halides is 3. The molecule has 4 N–H and O–H groups in total. The summed E-state index contributed by atoms with van der Waals surface area (Å²) in [6.45, 7) is 5.34. The zero-order valence-corrected chi connectivity index (χ0v) is 17.3. The summed E-state index contributed by atoms with van der Waals surface area (Å²) < 4.78 is 39.6. The van der Waals surface area contributed by atoms with Crippen molar-refractivity contribution in [2.24, 2.45) is 0 Å². The van der Waals surface area contributed by atoms with Crippen LogP contribution in [-0.2, 0) is 6.18 Å². The molecule has 1 aliphatic rings. The molecule has 0 fully saturated rings. The Morgan fingerprint density at radius 1 is 1.13 bits per heavy atom. The lowest BCUT2D eigenvalue weighted by Gasteiger charge is -2.20. The molecule has 0 amide bonds. The van der Waals surface area contributed by atoms with Gasteiger partial charge in [0.05, 0.1) is 17.1 Å². The fourth-order valence-corrected chi connectivity index (χ4v) is 3.82. The summed E-state index contributed by atoms with van der Waals surface area (Å²) in [6.07, 6.45) is -1.36. The smallest absolute Gasteiger partial charge is 0.399 e. The van der Waals surface area contributed by atoms with Crippen LogP contribution in [0, 0.1) is 6.92 Å². The SMILES string of the molecule is Cc1nc(N[C@H](C)c2cc(N)cc(C(F)(F)F)c2)c2cc(C3=CCNCC3)ccc2n1. The Morgan fingerprint density at radius 3 is 2.65 bits per heavy atom. The second-order valence-electron chi connectivity index (χ2n) is 7.79. The number of benzene rings is 2. The molecule has 1 atom stereocenters. The Bertz CT molecular complexity index is 1150. The van der Waals surface area contributed by atoms with Gasteiger partial charge in [-0.25, -0.2) is 9.97 Å². The van der Waals surface area contributed by atoms with E-state index in [1.807, 2.05) is 18.2 Å². The summed E-state index contributed by atoms with van der Waals surface area (Å²) in [5, 5.41) is 7.40. The first kappa shape index (κ1) is 21.1. The third kappa shape index (κ3) is 4.64. The van der Waals surface area contributed by atoms with Gasteiger partial charge < -0.3 is 16.4 Å². The maximum absolute atomic E-state index is 13.2. The highest BCUT2D eigenvalue weighted by atomic mass is 19.4. The van der Waals surface area contributed by atoms with Crippen molar-refractivity contribution in [3.05, 3.63) is 65.0 Å². The molecule has 3 aromatic rings. The number of aryl methyl sites for hydroxylation is 1. The molecular weight excluding hydrogens is 403 g/mol. The fraction of sp³-hybridized carbons (Fsp3) is 0.304. The molecule has 8 heteroatoms. The van der Waals surface area contributed by atoms with Crippen LogP contribution in [0.3, 0.4) is 0 Å². The van der Waals surface area contributed by atoms with Crippen LogP contribution in [0.15, 0.2) is 42.5 Å². The fourth-order valence-electron chi connectivity index (χ4n) is 3.82. The summed E-state index contributed by atoms with van der Waals surface area (Å²) >= 11 is 0. The van der Waals surface area contributed by atoms with E-state index in [-0.39, 0.29) is 5.69 Å². The second-order valence-corrected chi connectivity index (χ2v) is 7.79. The summed E-state index contributed by atoms with van der Waals surface area (Å²) in [6, 6.07) is 9.22. The molecule has 4 rings (SSSR count). The predicted octanol–water partition coefficient (Wildman–Crippen LogP) is 5.09. The van der Waals surface area contributed by atoms with Crippen molar-refractivity contribution in [3.63, 3.8) is 0 Å². The van der Waals surface area contributed by atoms with Crippen molar-refractivity contribution in [3.8, 4) is 0 Å². The first-order chi connectivity index (χ1) is 14.7. The molecule has 1 aromatic heterocycles. The number of nitrogens with zero attached hydrogens (tertiary/aromatic N) is 2. The van der Waals surface area contributed by atoms with Gasteiger partial charge in [-0.05, 0) is 73.8 Å². The van der Waals surface area contributed by atoms with Gasteiger partial charge in [-0.3, -0.25) is 0 Å². The van der Waals surface area contributed by atoms with E-state index in [1.165, 1.54) is 5.57 Å². The molecule has 2 heterocycles. The van der Waals surface area contributed by atoms with Crippen LogP contribution in [0.2, 0.25) is 0 Å².